The van der Waals surface area contributed by atoms with E-state index in [0.717, 1.165) is 68.4 Å². The van der Waals surface area contributed by atoms with Crippen LogP contribution in [0.4, 0.5) is 11.6 Å². The van der Waals surface area contributed by atoms with E-state index in [4.69, 9.17) is 4.98 Å². The molecule has 0 bridgehead atoms. The van der Waals surface area contributed by atoms with Gasteiger partial charge in [0.2, 0.25) is 5.95 Å². The molecule has 210 valence electrons. The second-order valence-electron chi connectivity index (χ2n) is 11.2. The summed E-state index contributed by atoms with van der Waals surface area (Å²) in [6, 6.07) is 10.3. The molecule has 9 nitrogen and oxygen atoms in total. The van der Waals surface area contributed by atoms with Crippen LogP contribution in [0.5, 0.6) is 0 Å². The van der Waals surface area contributed by atoms with Crippen molar-refractivity contribution in [2.45, 2.75) is 51.6 Å². The molecule has 2 fully saturated rings. The third kappa shape index (κ3) is 5.67. The van der Waals surface area contributed by atoms with Gasteiger partial charge in [-0.05, 0) is 60.7 Å². The zero-order valence-electron chi connectivity index (χ0n) is 23.3. The highest BCUT2D eigenvalue weighted by molar-refractivity contribution is 6.04. The number of rotatable bonds is 11. The highest BCUT2D eigenvalue weighted by atomic mass is 16.3. The van der Waals surface area contributed by atoms with Gasteiger partial charge in [0, 0.05) is 87.0 Å². The maximum absolute atomic E-state index is 14.1. The average molecular weight is 542 g/mol. The molecule has 1 atom stereocenters. The fourth-order valence-corrected chi connectivity index (χ4v) is 5.92. The van der Waals surface area contributed by atoms with E-state index in [0.29, 0.717) is 29.3 Å². The van der Waals surface area contributed by atoms with E-state index in [1.807, 2.05) is 23.2 Å². The Balaban J connectivity index is 1.32. The van der Waals surface area contributed by atoms with E-state index in [9.17, 15) is 9.90 Å². The second-order valence-corrected chi connectivity index (χ2v) is 11.2. The van der Waals surface area contributed by atoms with Crippen LogP contribution in [-0.2, 0) is 6.54 Å². The summed E-state index contributed by atoms with van der Waals surface area (Å²) < 4.78 is 1.83. The topological polar surface area (TPSA) is 99.4 Å². The molecule has 0 radical (unpaired) electrons. The predicted octanol–water partition coefficient (Wildman–Crippen LogP) is 4.21. The summed E-state index contributed by atoms with van der Waals surface area (Å²) in [7, 11) is 0. The number of piperazine rings is 1. The van der Waals surface area contributed by atoms with Crippen molar-refractivity contribution in [2.24, 2.45) is 5.92 Å². The number of nitrogens with one attached hydrogen (secondary N) is 1. The van der Waals surface area contributed by atoms with Crippen molar-refractivity contribution in [2.75, 3.05) is 49.5 Å². The van der Waals surface area contributed by atoms with Crippen LogP contribution >= 0.6 is 0 Å². The first-order chi connectivity index (χ1) is 19.6. The molecular formula is C31H39N7O2. The lowest BCUT2D eigenvalue weighted by atomic mass is 10.0. The molecule has 1 saturated carbocycles. The molecule has 6 rings (SSSR count). The molecule has 4 heterocycles. The SMILES string of the molecule is CCC[C@@H](CCO)n1c(=O)c2cc(CN3CCN(c4ccncc4)CC3)ccc2c2cnc(NCC3CC3)nc21. The molecule has 9 heteroatoms. The lowest BCUT2D eigenvalue weighted by molar-refractivity contribution is 0.250. The van der Waals surface area contributed by atoms with Crippen LogP contribution < -0.4 is 15.8 Å². The van der Waals surface area contributed by atoms with Crippen molar-refractivity contribution in [3.63, 3.8) is 0 Å². The van der Waals surface area contributed by atoms with Crippen molar-refractivity contribution in [3.05, 3.63) is 64.8 Å². The van der Waals surface area contributed by atoms with E-state index in [1.54, 1.807) is 0 Å². The summed E-state index contributed by atoms with van der Waals surface area (Å²) in [5, 5.41) is 15.7. The molecule has 1 aromatic carbocycles. The maximum Gasteiger partial charge on any atom is 0.260 e. The van der Waals surface area contributed by atoms with E-state index < -0.39 is 0 Å². The number of fused-ring (bicyclic) bond motifs is 3. The summed E-state index contributed by atoms with van der Waals surface area (Å²) in [6.07, 6.45) is 10.3. The summed E-state index contributed by atoms with van der Waals surface area (Å²) in [6.45, 7) is 7.64. The highest BCUT2D eigenvalue weighted by Gasteiger charge is 2.23. The molecule has 2 N–H and O–H groups in total. The molecule has 0 spiro atoms. The molecule has 1 saturated heterocycles. The summed E-state index contributed by atoms with van der Waals surface area (Å²) in [5.41, 5.74) is 2.96. The van der Waals surface area contributed by atoms with Crippen LogP contribution in [0.2, 0.25) is 0 Å². The van der Waals surface area contributed by atoms with Crippen molar-refractivity contribution in [1.82, 2.24) is 24.4 Å². The second kappa shape index (κ2) is 11.9. The first kappa shape index (κ1) is 26.7. The number of nitrogens with zero attached hydrogens (tertiary/aromatic N) is 6. The Kier molecular flexibility index (Phi) is 7.93. The van der Waals surface area contributed by atoms with Gasteiger partial charge in [-0.1, -0.05) is 25.5 Å². The van der Waals surface area contributed by atoms with Gasteiger partial charge in [0.25, 0.3) is 5.56 Å². The Morgan fingerprint density at radius 3 is 2.55 bits per heavy atom. The Bertz CT molecular complexity index is 1510. The summed E-state index contributed by atoms with van der Waals surface area (Å²) in [5.74, 6) is 1.26. The molecular weight excluding hydrogens is 502 g/mol. The van der Waals surface area contributed by atoms with Gasteiger partial charge in [0.1, 0.15) is 5.65 Å². The number of anilines is 2. The summed E-state index contributed by atoms with van der Waals surface area (Å²) >= 11 is 0. The molecule has 4 aromatic rings. The van der Waals surface area contributed by atoms with Crippen LogP contribution in [0, 0.1) is 5.92 Å². The molecule has 1 aliphatic heterocycles. The van der Waals surface area contributed by atoms with Crippen LogP contribution in [-0.4, -0.2) is 68.9 Å². The van der Waals surface area contributed by atoms with Gasteiger partial charge in [-0.25, -0.2) is 4.98 Å². The third-order valence-electron chi connectivity index (χ3n) is 8.32. The Labute approximate surface area is 234 Å². The Morgan fingerprint density at radius 2 is 1.82 bits per heavy atom. The quantitative estimate of drug-likeness (QED) is 0.273. The minimum absolute atomic E-state index is 0.0278. The normalized spacial score (nSPS) is 17.0. The largest absolute Gasteiger partial charge is 0.396 e. The number of aromatic nitrogens is 4. The number of benzene rings is 1. The average Bonchev–Trinajstić information content (AvgIpc) is 3.82. The highest BCUT2D eigenvalue weighted by Crippen LogP contribution is 2.30. The van der Waals surface area contributed by atoms with Crippen LogP contribution in [0.15, 0.2) is 53.7 Å². The zero-order chi connectivity index (χ0) is 27.5. The van der Waals surface area contributed by atoms with Crippen LogP contribution in [0.25, 0.3) is 21.8 Å². The minimum atomic E-state index is -0.120. The van der Waals surface area contributed by atoms with E-state index in [2.05, 4.69) is 62.3 Å². The van der Waals surface area contributed by atoms with E-state index >= 15 is 0 Å². The number of hydrogen-bond acceptors (Lipinski definition) is 8. The monoisotopic (exact) mass is 541 g/mol. The van der Waals surface area contributed by atoms with Gasteiger partial charge in [-0.15, -0.1) is 0 Å². The Morgan fingerprint density at radius 1 is 1.02 bits per heavy atom. The first-order valence-corrected chi connectivity index (χ1v) is 14.7. The molecule has 3 aromatic heterocycles. The number of aliphatic hydroxyl groups is 1. The fourth-order valence-electron chi connectivity index (χ4n) is 5.92. The predicted molar refractivity (Wildman–Crippen MR) is 160 cm³/mol. The van der Waals surface area contributed by atoms with E-state index in [1.165, 1.54) is 18.5 Å². The number of hydrogen-bond donors (Lipinski definition) is 2. The van der Waals surface area contributed by atoms with Gasteiger partial charge in [-0.2, -0.15) is 4.98 Å². The summed E-state index contributed by atoms with van der Waals surface area (Å²) in [4.78, 5) is 32.6. The lowest BCUT2D eigenvalue weighted by Crippen LogP contribution is -2.45. The van der Waals surface area contributed by atoms with Crippen molar-refractivity contribution in [3.8, 4) is 0 Å². The minimum Gasteiger partial charge on any atom is -0.396 e. The standard InChI is InChI=1S/C31H39N7O2/c1-2-3-25(10-17-39)38-29-28(20-34-31(35-29)33-19-22-4-5-22)26-7-6-23(18-27(26)30(38)40)21-36-13-15-37(16-14-36)24-8-11-32-12-9-24/h6-9,11-12,18,20,22,25,39H,2-5,10,13-17,19,21H2,1H3,(H,33,34,35)/t25-/m0/s1. The smallest absolute Gasteiger partial charge is 0.260 e. The number of aliphatic hydroxyl groups excluding tert-OH is 1. The molecule has 0 amide bonds. The molecule has 1 aliphatic carbocycles. The Hall–Kier alpha value is -3.56. The van der Waals surface area contributed by atoms with Gasteiger partial charge < -0.3 is 15.3 Å². The van der Waals surface area contributed by atoms with Gasteiger partial charge in [-0.3, -0.25) is 19.2 Å². The van der Waals surface area contributed by atoms with Crippen molar-refractivity contribution in [1.29, 1.82) is 0 Å². The van der Waals surface area contributed by atoms with Crippen LogP contribution in [0.3, 0.4) is 0 Å². The first-order valence-electron chi connectivity index (χ1n) is 14.7. The maximum atomic E-state index is 14.1. The third-order valence-corrected chi connectivity index (χ3v) is 8.32. The zero-order valence-corrected chi connectivity index (χ0v) is 23.3. The number of pyridine rings is 2. The van der Waals surface area contributed by atoms with Gasteiger partial charge >= 0.3 is 0 Å². The fraction of sp³-hybridized carbons (Fsp3) is 0.484. The van der Waals surface area contributed by atoms with Gasteiger partial charge in [0.15, 0.2) is 0 Å². The lowest BCUT2D eigenvalue weighted by Gasteiger charge is -2.36. The van der Waals surface area contributed by atoms with Gasteiger partial charge in [0.05, 0.1) is 0 Å². The molecule has 0 unspecified atom stereocenters. The van der Waals surface area contributed by atoms with E-state index in [-0.39, 0.29) is 18.2 Å². The van der Waals surface area contributed by atoms with Crippen molar-refractivity contribution >= 4 is 33.4 Å². The van der Waals surface area contributed by atoms with Crippen molar-refractivity contribution < 1.29 is 5.11 Å². The molecule has 40 heavy (non-hydrogen) atoms. The van der Waals surface area contributed by atoms with Crippen LogP contribution in [0.1, 0.15) is 50.6 Å². The molecule has 2 aliphatic rings.